The van der Waals surface area contributed by atoms with Crippen LogP contribution < -0.4 is 0 Å². The predicted molar refractivity (Wildman–Crippen MR) is 325 cm³/mol. The summed E-state index contributed by atoms with van der Waals surface area (Å²) in [5.74, 6) is 0. The average molecular weight is 1110 g/mol. The summed E-state index contributed by atoms with van der Waals surface area (Å²) >= 11 is 16.9. The fourth-order valence-electron chi connectivity index (χ4n) is 10.9. The lowest BCUT2D eigenvalue weighted by Gasteiger charge is -2.04. The van der Waals surface area contributed by atoms with Gasteiger partial charge >= 0.3 is 0 Å². The van der Waals surface area contributed by atoms with Crippen LogP contribution in [-0.4, -0.2) is 0 Å². The topological polar surface area (TPSA) is 0 Å². The van der Waals surface area contributed by atoms with Crippen LogP contribution in [0, 0.1) is 72.5 Å². The summed E-state index contributed by atoms with van der Waals surface area (Å²) in [6, 6.07) is 20.2. The Hall–Kier alpha value is -2.40. The number of unbranched alkanes of at least 4 members (excludes halogenated alkanes) is 8. The van der Waals surface area contributed by atoms with Crippen molar-refractivity contribution in [2.45, 2.75) is 209 Å². The number of thiophene rings is 8. The summed E-state index contributed by atoms with van der Waals surface area (Å²) in [4.78, 5) is 0. The highest BCUT2D eigenvalue weighted by atomic mass is 32.1. The standard InChI is InChI=1S/C64H80S8/c1-9-17-25-41-42(26-18-10-2)58-50-35-36-52(66-50)60-45(29-21-13-5)46(30-22-14-6)62(71-60)54-39-40-56(68-54)64-48(32-24-16-8)47(31-23-15-7)63(72-64)55-38-37-53(67-55)61-44(28-20-12-4)43(27-19-11-3)59(70-61)51-34-33-49(65-51)57(41)69-58/h33-40H,9-32H2,1-8H3/b57-49-,58-50-,59-51-,60-52?,61-53?,62-54?,63-55?,64-56?. The molecule has 8 heteroatoms. The number of hydrogen-bond acceptors (Lipinski definition) is 8. The molecule has 1 aliphatic heterocycles. The highest BCUT2D eigenvalue weighted by Gasteiger charge is 2.18. The number of rotatable bonds is 24. The minimum absolute atomic E-state index is 1.17. The minimum Gasteiger partial charge on any atom is -0.133 e. The maximum Gasteiger partial charge on any atom is 0.0484 e. The molecule has 9 heterocycles. The quantitative estimate of drug-likeness (QED) is 0.0566. The molecule has 0 aliphatic carbocycles. The third kappa shape index (κ3) is 11.5. The zero-order valence-electron chi connectivity index (χ0n) is 44.9. The Morgan fingerprint density at radius 1 is 0.194 bits per heavy atom. The van der Waals surface area contributed by atoms with Gasteiger partial charge < -0.3 is 0 Å². The molecule has 16 bridgehead atoms. The molecule has 0 saturated heterocycles. The first-order valence-electron chi connectivity index (χ1n) is 28.4. The highest BCUT2D eigenvalue weighted by Crippen LogP contribution is 2.35. The smallest absolute Gasteiger partial charge is 0.0484 e. The Morgan fingerprint density at radius 2 is 0.319 bits per heavy atom. The van der Waals surface area contributed by atoms with Gasteiger partial charge in [0.1, 0.15) is 0 Å². The van der Waals surface area contributed by atoms with Gasteiger partial charge in [-0.2, -0.15) is 0 Å². The average Bonchev–Trinajstić information content (AvgIpc) is 4.26. The van der Waals surface area contributed by atoms with Crippen molar-refractivity contribution in [3.05, 3.63) is 166 Å². The van der Waals surface area contributed by atoms with Gasteiger partial charge in [-0.1, -0.05) is 107 Å². The van der Waals surface area contributed by atoms with E-state index in [1.54, 1.807) is 80.8 Å². The first-order chi connectivity index (χ1) is 35.4. The van der Waals surface area contributed by atoms with Gasteiger partial charge in [-0.15, -0.1) is 90.7 Å². The monoisotopic (exact) mass is 1100 g/mol. The van der Waals surface area contributed by atoms with E-state index in [9.17, 15) is 0 Å². The van der Waals surface area contributed by atoms with Gasteiger partial charge in [0.25, 0.3) is 0 Å². The van der Waals surface area contributed by atoms with Crippen molar-refractivity contribution in [3.63, 3.8) is 0 Å². The second kappa shape index (κ2) is 26.1. The van der Waals surface area contributed by atoms with Crippen molar-refractivity contribution in [2.75, 3.05) is 0 Å². The van der Waals surface area contributed by atoms with Crippen molar-refractivity contribution in [1.82, 2.24) is 0 Å². The minimum atomic E-state index is 1.17. The molecule has 0 atom stereocenters. The van der Waals surface area contributed by atoms with Gasteiger partial charge in [0.05, 0.1) is 0 Å². The summed E-state index contributed by atoms with van der Waals surface area (Å²) in [6.45, 7) is 19.0. The van der Waals surface area contributed by atoms with E-state index >= 15 is 0 Å². The zero-order valence-corrected chi connectivity index (χ0v) is 51.4. The Morgan fingerprint density at radius 3 is 0.431 bits per heavy atom. The Balaban J connectivity index is 1.56. The van der Waals surface area contributed by atoms with Crippen molar-refractivity contribution < 1.29 is 0 Å². The third-order valence-corrected chi connectivity index (χ3v) is 25.8. The van der Waals surface area contributed by atoms with Gasteiger partial charge in [-0.25, -0.2) is 0 Å². The lowest BCUT2D eigenvalue weighted by atomic mass is 10.0. The van der Waals surface area contributed by atoms with Crippen molar-refractivity contribution in [2.24, 2.45) is 0 Å². The van der Waals surface area contributed by atoms with Gasteiger partial charge in [-0.3, -0.25) is 0 Å². The molecule has 72 heavy (non-hydrogen) atoms. The summed E-state index contributed by atoms with van der Waals surface area (Å²) < 4.78 is 24.3. The molecule has 0 aromatic carbocycles. The van der Waals surface area contributed by atoms with Crippen molar-refractivity contribution >= 4 is 90.7 Å². The van der Waals surface area contributed by atoms with E-state index < -0.39 is 0 Å². The number of fused-ring (bicyclic) bond motifs is 16. The molecule has 0 unspecified atom stereocenters. The van der Waals surface area contributed by atoms with Crippen LogP contribution in [0.15, 0.2) is 48.5 Å². The van der Waals surface area contributed by atoms with Crippen LogP contribution in [0.25, 0.3) is 0 Å². The fourth-order valence-corrected chi connectivity index (χ4v) is 21.6. The lowest BCUT2D eigenvalue weighted by Crippen LogP contribution is -1.93. The first-order valence-corrected chi connectivity index (χ1v) is 34.9. The van der Waals surface area contributed by atoms with E-state index in [1.807, 2.05) is 0 Å². The summed E-state index contributed by atoms with van der Waals surface area (Å²) in [5.41, 5.74) is 13.2. The second-order valence-electron chi connectivity index (χ2n) is 20.4. The Labute approximate surface area is 461 Å². The van der Waals surface area contributed by atoms with Gasteiger partial charge in [0.15, 0.2) is 0 Å². The molecule has 0 amide bonds. The molecule has 0 saturated carbocycles. The molecule has 0 spiro atoms. The Bertz CT molecular complexity index is 3150. The largest absolute Gasteiger partial charge is 0.133 e. The van der Waals surface area contributed by atoms with E-state index in [-0.39, 0.29) is 0 Å². The summed E-state index contributed by atoms with van der Waals surface area (Å²) in [6.07, 6.45) is 29.1. The molecular weight excluding hydrogens is 1030 g/mol. The number of hydrogen-bond donors (Lipinski definition) is 0. The molecule has 9 rings (SSSR count). The molecule has 384 valence electrons. The predicted octanol–water partition coefficient (Wildman–Crippen LogP) is 21.5. The molecule has 0 fully saturated rings. The van der Waals surface area contributed by atoms with E-state index in [0.29, 0.717) is 0 Å². The van der Waals surface area contributed by atoms with Crippen LogP contribution in [0.1, 0.15) is 203 Å². The SMILES string of the molecule is CCCCc1c(CCCC)c2sc1=c1ccc(s1)=c1sc(c(CCCC)c1CCCC)=c1cc/c(s1)=c1/s/c(c(CCCC)c1CCCC)=c1/cc/c(s1)=c1/sc(c(CCCC)c1CCCC)=c1ccc=2s1. The van der Waals surface area contributed by atoms with Crippen LogP contribution in [0.2, 0.25) is 0 Å². The van der Waals surface area contributed by atoms with Gasteiger partial charge in [-0.05, 0) is 196 Å². The molecule has 1 aliphatic rings. The van der Waals surface area contributed by atoms with E-state index in [0.717, 1.165) is 0 Å². The normalized spacial score (nSPS) is 13.6. The van der Waals surface area contributed by atoms with E-state index in [1.165, 1.54) is 190 Å². The van der Waals surface area contributed by atoms with E-state index in [4.69, 9.17) is 0 Å². The van der Waals surface area contributed by atoms with Gasteiger partial charge in [0, 0.05) is 72.5 Å². The Kier molecular flexibility index (Phi) is 19.7. The molecule has 0 radical (unpaired) electrons. The van der Waals surface area contributed by atoms with Crippen molar-refractivity contribution in [1.29, 1.82) is 0 Å². The highest BCUT2D eigenvalue weighted by molar-refractivity contribution is 7.16. The maximum atomic E-state index is 2.52. The van der Waals surface area contributed by atoms with Crippen LogP contribution in [0.4, 0.5) is 0 Å². The first kappa shape index (κ1) is 54.4. The second-order valence-corrected chi connectivity index (χ2v) is 28.8. The molecule has 0 N–H and O–H groups in total. The van der Waals surface area contributed by atoms with Crippen LogP contribution in [0.3, 0.4) is 0 Å². The third-order valence-electron chi connectivity index (χ3n) is 14.9. The molecule has 8 aromatic heterocycles. The van der Waals surface area contributed by atoms with E-state index in [2.05, 4.69) is 195 Å². The van der Waals surface area contributed by atoms with Crippen molar-refractivity contribution in [3.8, 4) is 0 Å². The summed E-state index contributed by atoms with van der Waals surface area (Å²) in [5, 5.41) is 0. The molecular formula is C64H80S8. The van der Waals surface area contributed by atoms with Crippen LogP contribution >= 0.6 is 90.7 Å². The molecule has 0 nitrogen and oxygen atoms in total. The van der Waals surface area contributed by atoms with Gasteiger partial charge in [0.2, 0.25) is 0 Å². The fraction of sp³-hybridized carbons (Fsp3) is 0.500. The maximum absolute atomic E-state index is 2.52. The molecule has 8 aromatic rings. The lowest BCUT2D eigenvalue weighted by molar-refractivity contribution is 0.758. The van der Waals surface area contributed by atoms with Crippen LogP contribution in [-0.2, 0) is 51.4 Å². The van der Waals surface area contributed by atoms with Crippen LogP contribution in [0.5, 0.6) is 0 Å². The zero-order chi connectivity index (χ0) is 50.1. The summed E-state index contributed by atoms with van der Waals surface area (Å²) in [7, 11) is 0.